The number of hydrogen-bond acceptors (Lipinski definition) is 3. The van der Waals surface area contributed by atoms with Crippen LogP contribution in [0.15, 0.2) is 4.99 Å². The predicted molar refractivity (Wildman–Crippen MR) is 37.8 cm³/mol. The van der Waals surface area contributed by atoms with Crippen LogP contribution in [-0.2, 0) is 9.59 Å². The summed E-state index contributed by atoms with van der Waals surface area (Å²) in [5.74, 6) is -1.62. The van der Waals surface area contributed by atoms with Crippen molar-refractivity contribution >= 4 is 23.6 Å². The summed E-state index contributed by atoms with van der Waals surface area (Å²) in [5, 5.41) is 10.2. The van der Waals surface area contributed by atoms with Gasteiger partial charge in [-0.2, -0.15) is 4.99 Å². The third-order valence-corrected chi connectivity index (χ3v) is 1.29. The van der Waals surface area contributed by atoms with Crippen molar-refractivity contribution in [1.29, 1.82) is 0 Å². The van der Waals surface area contributed by atoms with Gasteiger partial charge in [-0.25, -0.2) is 4.79 Å². The predicted octanol–water partition coefficient (Wildman–Crippen LogP) is -0.458. The van der Waals surface area contributed by atoms with Gasteiger partial charge >= 0.3 is 12.0 Å². The number of aliphatic carboxylic acids is 1. The van der Waals surface area contributed by atoms with Gasteiger partial charge in [-0.05, 0) is 0 Å². The van der Waals surface area contributed by atoms with E-state index in [0.717, 1.165) is 0 Å². The summed E-state index contributed by atoms with van der Waals surface area (Å²) in [6.45, 7) is 0. The average molecular weight is 170 g/mol. The van der Waals surface area contributed by atoms with Gasteiger partial charge in [0.2, 0.25) is 0 Å². The molecule has 6 nitrogen and oxygen atoms in total. The Morgan fingerprint density at radius 2 is 2.17 bits per heavy atom. The second-order valence-electron chi connectivity index (χ2n) is 2.21. The summed E-state index contributed by atoms with van der Waals surface area (Å²) in [6, 6.07) is -0.722. The van der Waals surface area contributed by atoms with Crippen molar-refractivity contribution in [2.75, 3.05) is 0 Å². The summed E-state index contributed by atoms with van der Waals surface area (Å²) in [6.07, 6.45) is -0.202. The van der Waals surface area contributed by atoms with Crippen LogP contribution in [-0.4, -0.2) is 28.7 Å². The van der Waals surface area contributed by atoms with E-state index >= 15 is 0 Å². The second kappa shape index (κ2) is 3.12. The fourth-order valence-corrected chi connectivity index (χ4v) is 0.765. The Morgan fingerprint density at radius 3 is 2.58 bits per heavy atom. The van der Waals surface area contributed by atoms with Gasteiger partial charge in [0.15, 0.2) is 0 Å². The molecule has 2 N–H and O–H groups in total. The minimum absolute atomic E-state index is 0.00704. The fraction of sp³-hybridized carbons (Fsp3) is 0.333. The molecule has 1 heterocycles. The maximum absolute atomic E-state index is 10.7. The van der Waals surface area contributed by atoms with Crippen LogP contribution in [0.5, 0.6) is 0 Å². The summed E-state index contributed by atoms with van der Waals surface area (Å²) >= 11 is 0. The Hall–Kier alpha value is -1.72. The first-order valence-electron chi connectivity index (χ1n) is 3.24. The normalized spacial score (nSPS) is 15.8. The van der Waals surface area contributed by atoms with Crippen LogP contribution in [0, 0.1) is 0 Å². The lowest BCUT2D eigenvalue weighted by molar-refractivity contribution is -0.136. The lowest BCUT2D eigenvalue weighted by atomic mass is 10.2. The fourth-order valence-electron chi connectivity index (χ4n) is 0.765. The minimum atomic E-state index is -1.02. The molecular formula is C6H6N2O4. The lowest BCUT2D eigenvalue weighted by Gasteiger charge is -1.92. The van der Waals surface area contributed by atoms with Crippen molar-refractivity contribution in [2.24, 2.45) is 4.99 Å². The van der Waals surface area contributed by atoms with E-state index in [1.807, 2.05) is 5.32 Å². The molecule has 64 valence electrons. The number of aliphatic imine (C=N–C) groups is 1. The van der Waals surface area contributed by atoms with Gasteiger partial charge in [-0.15, -0.1) is 0 Å². The molecule has 1 aliphatic rings. The molecule has 0 fully saturated rings. The molecule has 3 amide bonds. The van der Waals surface area contributed by atoms with Crippen LogP contribution in [0.25, 0.3) is 0 Å². The molecule has 0 atom stereocenters. The van der Waals surface area contributed by atoms with Gasteiger partial charge in [-0.1, -0.05) is 0 Å². The number of carboxylic acid groups (broad SMARTS) is 1. The first-order valence-corrected chi connectivity index (χ1v) is 3.24. The molecule has 6 heteroatoms. The van der Waals surface area contributed by atoms with E-state index in [9.17, 15) is 14.4 Å². The van der Waals surface area contributed by atoms with Crippen molar-refractivity contribution in [3.8, 4) is 0 Å². The number of carbonyl (C=O) groups excluding carboxylic acids is 2. The van der Waals surface area contributed by atoms with Gasteiger partial charge in [0.1, 0.15) is 5.71 Å². The van der Waals surface area contributed by atoms with E-state index in [-0.39, 0.29) is 18.6 Å². The highest BCUT2D eigenvalue weighted by molar-refractivity contribution is 6.46. The number of amides is 3. The van der Waals surface area contributed by atoms with Crippen LogP contribution in [0.3, 0.4) is 0 Å². The molecule has 0 radical (unpaired) electrons. The van der Waals surface area contributed by atoms with E-state index in [0.29, 0.717) is 0 Å². The number of nitrogens with one attached hydrogen (secondary N) is 1. The number of carboxylic acids is 1. The molecule has 0 unspecified atom stereocenters. The third-order valence-electron chi connectivity index (χ3n) is 1.29. The van der Waals surface area contributed by atoms with Gasteiger partial charge in [0.25, 0.3) is 5.91 Å². The molecule has 12 heavy (non-hydrogen) atoms. The molecule has 0 aliphatic carbocycles. The Labute approximate surface area is 67.3 Å². The van der Waals surface area contributed by atoms with E-state index in [1.54, 1.807) is 0 Å². The van der Waals surface area contributed by atoms with Gasteiger partial charge in [-0.3, -0.25) is 14.9 Å². The molecule has 0 aromatic rings. The highest BCUT2D eigenvalue weighted by Gasteiger charge is 2.22. The Morgan fingerprint density at radius 1 is 1.50 bits per heavy atom. The SMILES string of the molecule is O=C(O)CCC1=NC(=O)NC1=O. The summed E-state index contributed by atoms with van der Waals surface area (Å²) in [7, 11) is 0. The number of nitrogens with zero attached hydrogens (tertiary/aromatic N) is 1. The van der Waals surface area contributed by atoms with Crippen LogP contribution >= 0.6 is 0 Å². The molecule has 0 saturated carbocycles. The zero-order valence-corrected chi connectivity index (χ0v) is 6.03. The first kappa shape index (κ1) is 8.38. The maximum Gasteiger partial charge on any atom is 0.348 e. The van der Waals surface area contributed by atoms with Gasteiger partial charge in [0, 0.05) is 6.42 Å². The molecule has 0 aromatic heterocycles. The largest absolute Gasteiger partial charge is 0.481 e. The van der Waals surface area contributed by atoms with Gasteiger partial charge < -0.3 is 5.11 Å². The molecule has 0 aromatic carbocycles. The zero-order chi connectivity index (χ0) is 9.14. The lowest BCUT2D eigenvalue weighted by Crippen LogP contribution is -2.25. The van der Waals surface area contributed by atoms with Crippen LogP contribution in [0.4, 0.5) is 4.79 Å². The van der Waals surface area contributed by atoms with Crippen molar-refractivity contribution in [1.82, 2.24) is 5.32 Å². The Kier molecular flexibility index (Phi) is 2.18. The third kappa shape index (κ3) is 1.88. The molecule has 0 saturated heterocycles. The number of hydrogen-bond donors (Lipinski definition) is 2. The first-order chi connectivity index (χ1) is 5.59. The van der Waals surface area contributed by atoms with Crippen LogP contribution in [0.1, 0.15) is 12.8 Å². The summed E-state index contributed by atoms with van der Waals surface area (Å²) < 4.78 is 0. The van der Waals surface area contributed by atoms with Gasteiger partial charge in [0.05, 0.1) is 6.42 Å². The number of rotatable bonds is 3. The Balaban J connectivity index is 2.52. The van der Waals surface area contributed by atoms with E-state index in [2.05, 4.69) is 4.99 Å². The minimum Gasteiger partial charge on any atom is -0.481 e. The Bertz CT molecular complexity index is 281. The second-order valence-corrected chi connectivity index (χ2v) is 2.21. The van der Waals surface area contributed by atoms with E-state index in [4.69, 9.17) is 5.11 Å². The van der Waals surface area contributed by atoms with Crippen LogP contribution in [0.2, 0.25) is 0 Å². The standard InChI is InChI=1S/C6H6N2O4/c9-4(10)2-1-3-5(11)8-6(12)7-3/h1-2H2,(H,9,10)(H,8,11,12). The average Bonchev–Trinajstić information content (AvgIpc) is 2.26. The molecule has 1 aliphatic heterocycles. The van der Waals surface area contributed by atoms with Crippen molar-refractivity contribution < 1.29 is 19.5 Å². The maximum atomic E-state index is 10.7. The van der Waals surface area contributed by atoms with E-state index < -0.39 is 17.9 Å². The van der Waals surface area contributed by atoms with E-state index in [1.165, 1.54) is 0 Å². The highest BCUT2D eigenvalue weighted by atomic mass is 16.4. The smallest absolute Gasteiger partial charge is 0.348 e. The number of carbonyl (C=O) groups is 3. The monoisotopic (exact) mass is 170 g/mol. The molecule has 0 bridgehead atoms. The molecule has 0 spiro atoms. The van der Waals surface area contributed by atoms with Crippen molar-refractivity contribution in [3.05, 3.63) is 0 Å². The summed E-state index contributed by atoms with van der Waals surface area (Å²) in [5.41, 5.74) is -0.0117. The topological polar surface area (TPSA) is 95.8 Å². The zero-order valence-electron chi connectivity index (χ0n) is 6.03. The molecule has 1 rings (SSSR count). The summed E-state index contributed by atoms with van der Waals surface area (Å²) in [4.78, 5) is 34.6. The van der Waals surface area contributed by atoms with Crippen molar-refractivity contribution in [3.63, 3.8) is 0 Å². The van der Waals surface area contributed by atoms with Crippen molar-refractivity contribution in [2.45, 2.75) is 12.8 Å². The quantitative estimate of drug-likeness (QED) is 0.599. The highest BCUT2D eigenvalue weighted by Crippen LogP contribution is 1.99. The molecular weight excluding hydrogens is 164 g/mol. The van der Waals surface area contributed by atoms with Crippen LogP contribution < -0.4 is 5.32 Å². The number of urea groups is 1. The number of imide groups is 1.